The highest BCUT2D eigenvalue weighted by Gasteiger charge is 2.26. The highest BCUT2D eigenvalue weighted by Crippen LogP contribution is 2.32. The lowest BCUT2D eigenvalue weighted by molar-refractivity contribution is 0.338. The van der Waals surface area contributed by atoms with E-state index in [-0.39, 0.29) is 23.7 Å². The Morgan fingerprint density at radius 1 is 0.172 bits per heavy atom. The molecule has 0 radical (unpaired) electrons. The molecule has 0 aliphatic carbocycles. The van der Waals surface area contributed by atoms with Gasteiger partial charge in [-0.25, -0.2) is 0 Å². The highest BCUT2D eigenvalue weighted by atomic mass is 14.3. The normalized spacial score (nSPS) is 9.39. The minimum absolute atomic E-state index is 0.140. The zero-order valence-corrected chi connectivity index (χ0v) is 51.0. The van der Waals surface area contributed by atoms with Gasteiger partial charge in [0, 0.05) is 53.3 Å². The summed E-state index contributed by atoms with van der Waals surface area (Å²) in [4.78, 5) is 0. The van der Waals surface area contributed by atoms with Crippen molar-refractivity contribution in [2.24, 2.45) is 53.3 Å². The summed E-state index contributed by atoms with van der Waals surface area (Å²) in [6, 6.07) is 0. The first-order chi connectivity index (χ1) is 45.8. The molecule has 93 heavy (non-hydrogen) atoms. The molecule has 9 atom stereocenters. The Balaban J connectivity index is 8.97. The smallest absolute Gasteiger partial charge is 0.0236 e. The lowest BCUT2D eigenvalue weighted by Gasteiger charge is -2.24. The first-order valence-electron chi connectivity index (χ1n) is 27.4. The van der Waals surface area contributed by atoms with Crippen molar-refractivity contribution >= 4 is 0 Å². The summed E-state index contributed by atoms with van der Waals surface area (Å²) < 4.78 is 0. The van der Waals surface area contributed by atoms with Crippen molar-refractivity contribution in [3.63, 3.8) is 0 Å². The molecular formula is C93H44. The Bertz CT molecular complexity index is 5130. The quantitative estimate of drug-likeness (QED) is 0.127. The van der Waals surface area contributed by atoms with Gasteiger partial charge in [-0.3, -0.25) is 0 Å². The third-order valence-electron chi connectivity index (χ3n) is 10.7. The van der Waals surface area contributed by atoms with E-state index in [1.165, 1.54) is 0 Å². The van der Waals surface area contributed by atoms with Crippen LogP contribution in [0.25, 0.3) is 0 Å². The van der Waals surface area contributed by atoms with E-state index in [1.807, 2.05) is 6.92 Å². The van der Waals surface area contributed by atoms with Crippen LogP contribution in [-0.2, 0) is 0 Å². The van der Waals surface area contributed by atoms with E-state index in [0.717, 1.165) is 12.8 Å². The topological polar surface area (TPSA) is 0 Å². The van der Waals surface area contributed by atoms with Gasteiger partial charge in [0.15, 0.2) is 0 Å². The molecule has 0 aliphatic heterocycles. The molecule has 0 saturated carbocycles. The Morgan fingerprint density at radius 3 is 0.495 bits per heavy atom. The Kier molecular flexibility index (Phi) is 50.4. The largest absolute Gasteiger partial charge is 0.106 e. The number of terminal acetylenes is 9. The summed E-state index contributed by atoms with van der Waals surface area (Å²) in [5.41, 5.74) is 0. The van der Waals surface area contributed by atoms with Crippen molar-refractivity contribution in [2.75, 3.05) is 0 Å². The van der Waals surface area contributed by atoms with E-state index in [1.54, 1.807) is 0 Å². The van der Waals surface area contributed by atoms with Crippen LogP contribution in [0.5, 0.6) is 0 Å². The van der Waals surface area contributed by atoms with Gasteiger partial charge in [-0.1, -0.05) is 73.6 Å². The summed E-state index contributed by atoms with van der Waals surface area (Å²) in [7, 11) is 0. The van der Waals surface area contributed by atoms with Crippen LogP contribution in [0, 0.1) is 484 Å². The molecule has 0 aromatic heterocycles. The van der Waals surface area contributed by atoms with Crippen LogP contribution in [-0.4, -0.2) is 0 Å². The maximum absolute atomic E-state index is 5.38. The van der Waals surface area contributed by atoms with Crippen molar-refractivity contribution < 1.29 is 0 Å². The summed E-state index contributed by atoms with van der Waals surface area (Å²) in [5.74, 6) is 168. The van der Waals surface area contributed by atoms with E-state index >= 15 is 0 Å². The zero-order valence-electron chi connectivity index (χ0n) is 51.0. The second-order valence-corrected chi connectivity index (χ2v) is 17.4. The average Bonchev–Trinajstić information content (AvgIpc) is 2.55. The van der Waals surface area contributed by atoms with E-state index in [4.69, 9.17) is 57.8 Å². The molecule has 0 rings (SSSR count). The molecule has 0 spiro atoms. The van der Waals surface area contributed by atoms with E-state index < -0.39 is 29.6 Å². The van der Waals surface area contributed by atoms with Crippen molar-refractivity contribution in [1.29, 1.82) is 0 Å². The second kappa shape index (κ2) is 60.7. The van der Waals surface area contributed by atoms with Crippen LogP contribution in [0.3, 0.4) is 0 Å². The molecular weight excluding hydrogens is 1120 g/mol. The van der Waals surface area contributed by atoms with Gasteiger partial charge >= 0.3 is 0 Å². The molecule has 0 fully saturated rings. The zero-order chi connectivity index (χ0) is 67.8. The maximum Gasteiger partial charge on any atom is 0.0236 e. The summed E-state index contributed by atoms with van der Waals surface area (Å²) >= 11 is 0. The van der Waals surface area contributed by atoms with Crippen LogP contribution < -0.4 is 0 Å². The molecule has 416 valence electrons. The van der Waals surface area contributed by atoms with Crippen molar-refractivity contribution in [3.8, 4) is 431 Å². The second-order valence-electron chi connectivity index (χ2n) is 17.4. The predicted molar refractivity (Wildman–Crippen MR) is 378 cm³/mol. The van der Waals surface area contributed by atoms with Crippen LogP contribution in [0.2, 0.25) is 0 Å². The summed E-state index contributed by atoms with van der Waals surface area (Å²) in [6.45, 7) is 4.01. The number of rotatable bonds is 18. The minimum atomic E-state index is -0.496. The first kappa shape index (κ1) is 77.2. The molecule has 0 saturated heterocycles. The van der Waals surface area contributed by atoms with Gasteiger partial charge in [0.1, 0.15) is 0 Å². The van der Waals surface area contributed by atoms with Gasteiger partial charge in [0.2, 0.25) is 0 Å². The van der Waals surface area contributed by atoms with Crippen molar-refractivity contribution in [1.82, 2.24) is 0 Å². The maximum atomic E-state index is 5.38. The van der Waals surface area contributed by atoms with Gasteiger partial charge in [-0.05, 0) is 377 Å². The fourth-order valence-corrected chi connectivity index (χ4v) is 7.42. The SMILES string of the molecule is C#CC#CC#CC#CC(C)CC(C#CC#CC#CC#C)CC(C#CC#CC#CC#C)CC(C#CC#CC#CC#C)CC(C#CC#CC#CC#C)CC(C#CC#CC#CC#C)CC(C#CC#CC#CC#C)CC(C#CC#CC#CC#C)CC(C#CC#CC#CC#C)CCC. The average molecular weight is 1160 g/mol. The van der Waals surface area contributed by atoms with Gasteiger partial charge in [-0.15, -0.1) is 57.8 Å². The van der Waals surface area contributed by atoms with Gasteiger partial charge in [0.25, 0.3) is 0 Å². The molecule has 0 heteroatoms. The summed E-state index contributed by atoms with van der Waals surface area (Å²) in [6.07, 6.45) is 52.6. The van der Waals surface area contributed by atoms with Crippen LogP contribution >= 0.6 is 0 Å². The fourth-order valence-electron chi connectivity index (χ4n) is 7.42. The molecule has 0 bridgehead atoms. The monoisotopic (exact) mass is 1160 g/mol. The number of hydrogen-bond acceptors (Lipinski definition) is 0. The molecule has 9 unspecified atom stereocenters. The molecule has 0 amide bonds. The lowest BCUT2D eigenvalue weighted by atomic mass is 9.78. The van der Waals surface area contributed by atoms with Gasteiger partial charge < -0.3 is 0 Å². The molecule has 0 N–H and O–H groups in total. The molecule has 0 aromatic rings. The third-order valence-corrected chi connectivity index (χ3v) is 10.7. The minimum Gasteiger partial charge on any atom is -0.106 e. The summed E-state index contributed by atoms with van der Waals surface area (Å²) in [5, 5.41) is 0. The fraction of sp³-hybridized carbons (Fsp3) is 0.226. The van der Waals surface area contributed by atoms with Gasteiger partial charge in [-0.2, -0.15) is 0 Å². The van der Waals surface area contributed by atoms with Crippen LogP contribution in [0.15, 0.2) is 0 Å². The molecule has 0 heterocycles. The van der Waals surface area contributed by atoms with Gasteiger partial charge in [0.05, 0.1) is 0 Å². The van der Waals surface area contributed by atoms with Crippen molar-refractivity contribution in [3.05, 3.63) is 0 Å². The molecule has 0 nitrogen and oxygen atoms in total. The van der Waals surface area contributed by atoms with Crippen LogP contribution in [0.4, 0.5) is 0 Å². The highest BCUT2D eigenvalue weighted by molar-refractivity contribution is 5.46. The Morgan fingerprint density at radius 2 is 0.312 bits per heavy atom. The van der Waals surface area contributed by atoms with Crippen LogP contribution in [0.1, 0.15) is 78.1 Å². The Labute approximate surface area is 558 Å². The van der Waals surface area contributed by atoms with E-state index in [9.17, 15) is 0 Å². The third kappa shape index (κ3) is 50.4. The van der Waals surface area contributed by atoms with E-state index in [2.05, 4.69) is 380 Å². The number of hydrogen-bond donors (Lipinski definition) is 0. The van der Waals surface area contributed by atoms with Crippen molar-refractivity contribution in [2.45, 2.75) is 78.1 Å². The predicted octanol–water partition coefficient (Wildman–Crippen LogP) is 7.26. The standard InChI is InChI=1S/C93H44/c1-12-22-31-40-49-58-68-85(11)77-87(70-60-51-42-33-24-14-3)79-89(72-62-53-44-35-26-16-5)81-91(74-64-55-46-37-28-18-7)83-93(76-66-57-48-39-30-20-9)84-92(75-65-56-47-38-29-19-8)82-90(73-63-54-45-36-27-17-6)80-88(71-61-52-43-34-25-15-4)78-86(67-21-10)69-59-50-41-32-23-13-2/h1-9,85-93H,21,67,77-84H2,10-11H3. The molecule has 0 aromatic carbocycles. The van der Waals surface area contributed by atoms with E-state index in [0.29, 0.717) is 51.4 Å². The Hall–Kier alpha value is -15.8. The first-order valence-corrected chi connectivity index (χ1v) is 27.4. The lowest BCUT2D eigenvalue weighted by Crippen LogP contribution is -2.18. The molecule has 0 aliphatic rings.